The molecule has 5 aliphatic rings. The molecule has 5 fully saturated rings. The maximum Gasteiger partial charge on any atom is 0.217 e. The minimum atomic E-state index is -2.15. The highest BCUT2D eigenvalue weighted by Crippen LogP contribution is 2.35. The molecule has 5 heterocycles. The average molecular weight is 870 g/mol. The molecule has 59 heavy (non-hydrogen) atoms. The first-order valence-corrected chi connectivity index (χ1v) is 18.6. The molecule has 0 saturated carbocycles. The smallest absolute Gasteiger partial charge is 0.217 e. The molecular formula is C32H55NO26. The topological polar surface area (TPSA) is 436 Å². The van der Waals surface area contributed by atoms with Crippen LogP contribution in [0.3, 0.4) is 0 Å². The predicted octanol–water partition coefficient (Wildman–Crippen LogP) is -11.8. The molecular weight excluding hydrogens is 814 g/mol. The summed E-state index contributed by atoms with van der Waals surface area (Å²) in [6.45, 7) is -3.58. The highest BCUT2D eigenvalue weighted by Gasteiger charge is 2.57. The molecule has 0 bridgehead atoms. The predicted molar refractivity (Wildman–Crippen MR) is 178 cm³/mol. The van der Waals surface area contributed by atoms with E-state index in [2.05, 4.69) is 5.32 Å². The molecule has 11 unspecified atom stereocenters. The third kappa shape index (κ3) is 10.2. The minimum absolute atomic E-state index is 0.805. The van der Waals surface area contributed by atoms with Crippen molar-refractivity contribution in [2.45, 2.75) is 160 Å². The summed E-state index contributed by atoms with van der Waals surface area (Å²) in [5, 5.41) is 169. The van der Waals surface area contributed by atoms with E-state index in [0.717, 1.165) is 6.92 Å². The summed E-state index contributed by atoms with van der Waals surface area (Å²) in [6, 6.07) is -1.67. The van der Waals surface area contributed by atoms with Crippen molar-refractivity contribution in [1.29, 1.82) is 0 Å². The monoisotopic (exact) mass is 869 g/mol. The highest BCUT2D eigenvalue weighted by atomic mass is 16.8. The largest absolute Gasteiger partial charge is 0.394 e. The van der Waals surface area contributed by atoms with E-state index in [1.807, 2.05) is 0 Å². The van der Waals surface area contributed by atoms with Gasteiger partial charge >= 0.3 is 0 Å². The maximum absolute atomic E-state index is 12.4. The Kier molecular flexibility index (Phi) is 17.1. The standard InChI is InChI=1S/C32H55NO26/c1-7(39)33-13-26(58-30-21(47)17(43)14(40)8(2-34)53-30)15(41)9(3-35)52-29(13)59-27-16(42)10(4-36)54-32(23(27)49)57-25-12(6-38)55-31(22(48)19(25)45)56-24-11(5-37)51-28(50)20(46)18(24)44/h8-32,34-38,40-50H,2-6H2,1H3,(H,33,39)/t8?,9?,10?,11?,12?,13-,14-,15-,16-,17?,18?,19?,20?,21-,22-,23?,24+,25-,26?,27-,28+,29-,30-,31-,32+/m0/s1. The van der Waals surface area contributed by atoms with Crippen LogP contribution < -0.4 is 5.32 Å². The van der Waals surface area contributed by atoms with Gasteiger partial charge in [0.25, 0.3) is 0 Å². The van der Waals surface area contributed by atoms with Gasteiger partial charge in [0.05, 0.1) is 33.0 Å². The Labute approximate surface area is 333 Å². The van der Waals surface area contributed by atoms with Crippen LogP contribution in [0.2, 0.25) is 0 Å². The SMILES string of the molecule is CC(=O)N[C@H]1C(O[C@@H]2OC(CO)[C@H](O)C(O)[C@@H]2O)[C@@H](O)C(CO)O[C@H]1O[C@@H]1C(O)[C@@H](O[C@H]2C(CO)O[C@@H](O[C@@H]3C(CO)O[C@@H](O)C(O)C3O)[C@@H](O)C2O)OC(CO)[C@@H]1O. The lowest BCUT2D eigenvalue weighted by Crippen LogP contribution is -2.70. The van der Waals surface area contributed by atoms with Crippen LogP contribution in [0.1, 0.15) is 6.92 Å². The normalized spacial score (nSPS) is 51.0. The molecule has 0 radical (unpaired) electrons. The van der Waals surface area contributed by atoms with Crippen molar-refractivity contribution < 1.29 is 129 Å². The Bertz CT molecular complexity index is 1320. The first kappa shape index (κ1) is 48.5. The minimum Gasteiger partial charge on any atom is -0.394 e. The van der Waals surface area contributed by atoms with E-state index in [1.54, 1.807) is 0 Å². The lowest BCUT2D eigenvalue weighted by atomic mass is 9.94. The van der Waals surface area contributed by atoms with Crippen molar-refractivity contribution in [2.24, 2.45) is 0 Å². The Morgan fingerprint density at radius 2 is 0.780 bits per heavy atom. The van der Waals surface area contributed by atoms with Crippen LogP contribution in [0.15, 0.2) is 0 Å². The maximum atomic E-state index is 12.4. The van der Waals surface area contributed by atoms with Crippen LogP contribution in [0.5, 0.6) is 0 Å². The third-order valence-corrected chi connectivity index (χ3v) is 10.7. The summed E-state index contributed by atoms with van der Waals surface area (Å²) in [5.41, 5.74) is 0. The van der Waals surface area contributed by atoms with Crippen molar-refractivity contribution in [3.8, 4) is 0 Å². The molecule has 27 nitrogen and oxygen atoms in total. The number of nitrogens with one attached hydrogen (secondary N) is 1. The van der Waals surface area contributed by atoms with E-state index in [9.17, 15) is 86.5 Å². The van der Waals surface area contributed by atoms with Gasteiger partial charge in [0.15, 0.2) is 31.5 Å². The fourth-order valence-corrected chi connectivity index (χ4v) is 7.43. The number of ether oxygens (including phenoxy) is 9. The molecule has 17 N–H and O–H groups in total. The van der Waals surface area contributed by atoms with Crippen molar-refractivity contribution in [2.75, 3.05) is 33.0 Å². The van der Waals surface area contributed by atoms with E-state index in [0.29, 0.717) is 0 Å². The van der Waals surface area contributed by atoms with Crippen LogP contribution in [0, 0.1) is 0 Å². The molecule has 25 atom stereocenters. The van der Waals surface area contributed by atoms with Crippen molar-refractivity contribution >= 4 is 5.91 Å². The van der Waals surface area contributed by atoms with Gasteiger partial charge in [0.1, 0.15) is 122 Å². The van der Waals surface area contributed by atoms with Gasteiger partial charge in [-0.1, -0.05) is 0 Å². The molecule has 5 saturated heterocycles. The van der Waals surface area contributed by atoms with Gasteiger partial charge in [-0.2, -0.15) is 0 Å². The van der Waals surface area contributed by atoms with E-state index in [-0.39, 0.29) is 0 Å². The van der Waals surface area contributed by atoms with Gasteiger partial charge in [0.2, 0.25) is 5.91 Å². The van der Waals surface area contributed by atoms with Crippen molar-refractivity contribution in [1.82, 2.24) is 5.32 Å². The number of amides is 1. The lowest BCUT2D eigenvalue weighted by molar-refractivity contribution is -0.388. The summed E-state index contributed by atoms with van der Waals surface area (Å²) in [6.07, 6.45) is -44.4. The number of carbonyl (C=O) groups excluding carboxylic acids is 1. The molecule has 0 aromatic rings. The molecule has 5 aliphatic heterocycles. The molecule has 5 rings (SSSR count). The zero-order valence-electron chi connectivity index (χ0n) is 31.2. The van der Waals surface area contributed by atoms with Gasteiger partial charge in [-0.05, 0) is 0 Å². The first-order chi connectivity index (χ1) is 27.9. The summed E-state index contributed by atoms with van der Waals surface area (Å²) in [7, 11) is 0. The van der Waals surface area contributed by atoms with E-state index < -0.39 is 192 Å². The van der Waals surface area contributed by atoms with Crippen LogP contribution in [-0.2, 0) is 47.4 Å². The van der Waals surface area contributed by atoms with Crippen LogP contribution in [0.4, 0.5) is 0 Å². The average Bonchev–Trinajstić information content (AvgIpc) is 3.21. The van der Waals surface area contributed by atoms with Crippen molar-refractivity contribution in [3.63, 3.8) is 0 Å². The van der Waals surface area contributed by atoms with Crippen LogP contribution >= 0.6 is 0 Å². The Morgan fingerprint density at radius 1 is 0.407 bits per heavy atom. The van der Waals surface area contributed by atoms with E-state index in [1.165, 1.54) is 0 Å². The van der Waals surface area contributed by atoms with Crippen molar-refractivity contribution in [3.05, 3.63) is 0 Å². The number of aliphatic hydroxyl groups excluding tert-OH is 16. The summed E-state index contributed by atoms with van der Waals surface area (Å²) < 4.78 is 50.1. The lowest BCUT2D eigenvalue weighted by Gasteiger charge is -2.50. The molecule has 1 amide bonds. The van der Waals surface area contributed by atoms with Gasteiger partial charge in [0, 0.05) is 6.92 Å². The summed E-state index contributed by atoms with van der Waals surface area (Å²) >= 11 is 0. The fraction of sp³-hybridized carbons (Fsp3) is 0.969. The van der Waals surface area contributed by atoms with E-state index >= 15 is 0 Å². The second kappa shape index (κ2) is 20.8. The van der Waals surface area contributed by atoms with Crippen LogP contribution in [-0.4, -0.2) is 274 Å². The van der Waals surface area contributed by atoms with E-state index in [4.69, 9.17) is 42.6 Å². The number of carbonyl (C=O) groups is 1. The number of hydrogen-bond donors (Lipinski definition) is 17. The molecule has 0 aromatic carbocycles. The molecule has 344 valence electrons. The van der Waals surface area contributed by atoms with Crippen LogP contribution in [0.25, 0.3) is 0 Å². The van der Waals surface area contributed by atoms with Gasteiger partial charge in [-0.3, -0.25) is 4.79 Å². The zero-order valence-corrected chi connectivity index (χ0v) is 31.2. The Balaban J connectivity index is 1.35. The summed E-state index contributed by atoms with van der Waals surface area (Å²) in [4.78, 5) is 12.4. The van der Waals surface area contributed by atoms with Gasteiger partial charge in [-0.15, -0.1) is 0 Å². The molecule has 27 heteroatoms. The quantitative estimate of drug-likeness (QED) is 0.0770. The molecule has 0 aliphatic carbocycles. The summed E-state index contributed by atoms with van der Waals surface area (Å²) in [5.74, 6) is -0.805. The molecule has 0 spiro atoms. The Morgan fingerprint density at radius 3 is 1.29 bits per heavy atom. The Hall–Kier alpha value is -1.53. The highest BCUT2D eigenvalue weighted by molar-refractivity contribution is 5.73. The fourth-order valence-electron chi connectivity index (χ4n) is 7.43. The molecule has 0 aromatic heterocycles. The number of aliphatic hydroxyl groups is 16. The second-order valence-electron chi connectivity index (χ2n) is 14.7. The zero-order chi connectivity index (χ0) is 43.6. The van der Waals surface area contributed by atoms with Gasteiger partial charge in [-0.25, -0.2) is 0 Å². The first-order valence-electron chi connectivity index (χ1n) is 18.6. The third-order valence-electron chi connectivity index (χ3n) is 10.7. The van der Waals surface area contributed by atoms with Gasteiger partial charge < -0.3 is 130 Å². The number of hydrogen-bond acceptors (Lipinski definition) is 26. The number of rotatable bonds is 14. The second-order valence-corrected chi connectivity index (χ2v) is 14.7.